The molecule has 0 amide bonds. The minimum Gasteiger partial charge on any atom is -0.475 e. The molecule has 6 nitrogen and oxygen atoms in total. The van der Waals surface area contributed by atoms with Crippen molar-refractivity contribution in [1.82, 2.24) is 4.90 Å². The molecule has 3 saturated heterocycles. The van der Waals surface area contributed by atoms with E-state index in [0.717, 1.165) is 45.3 Å². The molecule has 0 aliphatic carbocycles. The van der Waals surface area contributed by atoms with E-state index in [9.17, 15) is 13.2 Å². The number of piperidine rings is 1. The van der Waals surface area contributed by atoms with Gasteiger partial charge in [-0.05, 0) is 38.0 Å². The lowest BCUT2D eigenvalue weighted by atomic mass is 9.72. The highest BCUT2D eigenvalue weighted by Gasteiger charge is 2.46. The summed E-state index contributed by atoms with van der Waals surface area (Å²) in [5, 5.41) is 7.12. The van der Waals surface area contributed by atoms with E-state index >= 15 is 0 Å². The van der Waals surface area contributed by atoms with Crippen molar-refractivity contribution in [2.45, 2.75) is 44.4 Å². The van der Waals surface area contributed by atoms with Gasteiger partial charge in [0.15, 0.2) is 0 Å². The van der Waals surface area contributed by atoms with Crippen LogP contribution in [-0.4, -0.2) is 80.9 Å². The number of hydrogen-bond donors (Lipinski definition) is 1. The fraction of sp³-hybridized carbons (Fsp3) is 0.850. The fourth-order valence-corrected chi connectivity index (χ4v) is 4.39. The molecule has 0 radical (unpaired) electrons. The quantitative estimate of drug-likeness (QED) is 0.523. The topological polar surface area (TPSA) is 68.2 Å². The predicted octanol–water partition coefficient (Wildman–Crippen LogP) is 3.12. The van der Waals surface area contributed by atoms with E-state index in [1.807, 2.05) is 6.08 Å². The van der Waals surface area contributed by atoms with E-state index in [4.69, 9.17) is 24.1 Å². The second-order valence-corrected chi connectivity index (χ2v) is 8.01. The van der Waals surface area contributed by atoms with E-state index in [1.165, 1.54) is 38.8 Å². The highest BCUT2D eigenvalue weighted by Crippen LogP contribution is 2.40. The predicted molar refractivity (Wildman–Crippen MR) is 101 cm³/mol. The molecule has 2 atom stereocenters. The smallest absolute Gasteiger partial charge is 0.475 e. The fourth-order valence-electron chi connectivity index (χ4n) is 4.39. The number of ether oxygens (including phenoxy) is 3. The van der Waals surface area contributed by atoms with Crippen LogP contribution in [0.4, 0.5) is 13.2 Å². The SMILES string of the molecule is C=CCOCC12CCCOC1CCN(CC1CCOCC1)C2.O=C(O)C(F)(F)F. The molecule has 3 heterocycles. The van der Waals surface area contributed by atoms with Gasteiger partial charge in [-0.15, -0.1) is 6.58 Å². The first-order chi connectivity index (χ1) is 13.8. The van der Waals surface area contributed by atoms with Crippen LogP contribution in [-0.2, 0) is 19.0 Å². The number of hydrogen-bond acceptors (Lipinski definition) is 5. The monoisotopic (exact) mass is 423 g/mol. The molecular weight excluding hydrogens is 391 g/mol. The molecular formula is C20H32F3NO5. The van der Waals surface area contributed by atoms with Crippen molar-refractivity contribution >= 4 is 5.97 Å². The van der Waals surface area contributed by atoms with Gasteiger partial charge in [0.05, 0.1) is 19.3 Å². The minimum absolute atomic E-state index is 0.199. The third kappa shape index (κ3) is 7.55. The Labute approximate surface area is 170 Å². The average molecular weight is 423 g/mol. The molecule has 0 spiro atoms. The number of fused-ring (bicyclic) bond motifs is 1. The zero-order valence-electron chi connectivity index (χ0n) is 16.8. The third-order valence-electron chi connectivity index (χ3n) is 5.79. The number of halogens is 3. The number of aliphatic carboxylic acids is 1. The molecule has 3 aliphatic rings. The molecule has 3 aliphatic heterocycles. The van der Waals surface area contributed by atoms with Gasteiger partial charge in [0, 0.05) is 44.9 Å². The van der Waals surface area contributed by atoms with Crippen molar-refractivity contribution < 1.29 is 37.3 Å². The number of rotatable bonds is 6. The van der Waals surface area contributed by atoms with Gasteiger partial charge in [-0.2, -0.15) is 13.2 Å². The Kier molecular flexibility index (Phi) is 9.39. The Morgan fingerprint density at radius 2 is 1.97 bits per heavy atom. The average Bonchev–Trinajstić information content (AvgIpc) is 2.68. The van der Waals surface area contributed by atoms with Gasteiger partial charge in [0.2, 0.25) is 0 Å². The van der Waals surface area contributed by atoms with E-state index in [1.54, 1.807) is 0 Å². The second-order valence-electron chi connectivity index (χ2n) is 8.01. The summed E-state index contributed by atoms with van der Waals surface area (Å²) in [4.78, 5) is 11.6. The van der Waals surface area contributed by atoms with Gasteiger partial charge in [0.1, 0.15) is 0 Å². The number of carbonyl (C=O) groups is 1. The molecule has 0 aromatic heterocycles. The molecule has 3 fully saturated rings. The van der Waals surface area contributed by atoms with Gasteiger partial charge >= 0.3 is 12.1 Å². The zero-order valence-corrected chi connectivity index (χ0v) is 16.8. The van der Waals surface area contributed by atoms with Gasteiger partial charge in [0.25, 0.3) is 0 Å². The van der Waals surface area contributed by atoms with E-state index in [2.05, 4.69) is 11.5 Å². The molecule has 2 unspecified atom stereocenters. The largest absolute Gasteiger partial charge is 0.490 e. The summed E-state index contributed by atoms with van der Waals surface area (Å²) < 4.78 is 49.2. The van der Waals surface area contributed by atoms with Crippen LogP contribution in [0.15, 0.2) is 12.7 Å². The lowest BCUT2D eigenvalue weighted by Crippen LogP contribution is -2.57. The summed E-state index contributed by atoms with van der Waals surface area (Å²) >= 11 is 0. The summed E-state index contributed by atoms with van der Waals surface area (Å²) in [5.74, 6) is -1.95. The summed E-state index contributed by atoms with van der Waals surface area (Å²) in [6.07, 6.45) is 3.14. The standard InChI is InChI=1S/C18H31NO3.C2HF3O2/c1-2-9-21-15-18-7-3-10-22-17(18)4-8-19(14-18)13-16-5-11-20-12-6-16;3-2(4,5)1(6)7/h2,16-17H,1,3-15H2;(H,6,7). The Hall–Kier alpha value is -1.16. The van der Waals surface area contributed by atoms with Crippen LogP contribution < -0.4 is 0 Å². The van der Waals surface area contributed by atoms with Crippen molar-refractivity contribution in [3.05, 3.63) is 12.7 Å². The Morgan fingerprint density at radius 3 is 2.59 bits per heavy atom. The van der Waals surface area contributed by atoms with Crippen molar-refractivity contribution in [2.24, 2.45) is 11.3 Å². The summed E-state index contributed by atoms with van der Waals surface area (Å²) in [5.41, 5.74) is 0.199. The molecule has 29 heavy (non-hydrogen) atoms. The van der Waals surface area contributed by atoms with Crippen LogP contribution in [0, 0.1) is 11.3 Å². The maximum atomic E-state index is 10.6. The normalized spacial score (nSPS) is 28.7. The second kappa shape index (κ2) is 11.3. The first-order valence-corrected chi connectivity index (χ1v) is 10.2. The molecule has 0 aromatic rings. The summed E-state index contributed by atoms with van der Waals surface area (Å²) in [6.45, 7) is 11.6. The number of carboxylic acid groups (broad SMARTS) is 1. The first kappa shape index (κ1) is 24.1. The molecule has 0 aromatic carbocycles. The van der Waals surface area contributed by atoms with Crippen molar-refractivity contribution in [2.75, 3.05) is 52.7 Å². The van der Waals surface area contributed by atoms with Crippen LogP contribution in [0.2, 0.25) is 0 Å². The van der Waals surface area contributed by atoms with Crippen LogP contribution >= 0.6 is 0 Å². The lowest BCUT2D eigenvalue weighted by Gasteiger charge is -2.51. The molecule has 0 saturated carbocycles. The molecule has 0 bridgehead atoms. The van der Waals surface area contributed by atoms with Gasteiger partial charge in [-0.3, -0.25) is 0 Å². The highest BCUT2D eigenvalue weighted by molar-refractivity contribution is 5.73. The van der Waals surface area contributed by atoms with Crippen molar-refractivity contribution in [3.63, 3.8) is 0 Å². The maximum absolute atomic E-state index is 10.6. The number of likely N-dealkylation sites (tertiary alicyclic amines) is 1. The highest BCUT2D eigenvalue weighted by atomic mass is 19.4. The lowest BCUT2D eigenvalue weighted by molar-refractivity contribution is -0.192. The number of nitrogens with zero attached hydrogens (tertiary/aromatic N) is 1. The third-order valence-corrected chi connectivity index (χ3v) is 5.79. The van der Waals surface area contributed by atoms with Gasteiger partial charge in [-0.25, -0.2) is 4.79 Å². The van der Waals surface area contributed by atoms with E-state index in [0.29, 0.717) is 12.7 Å². The van der Waals surface area contributed by atoms with Crippen LogP contribution in [0.5, 0.6) is 0 Å². The molecule has 9 heteroatoms. The maximum Gasteiger partial charge on any atom is 0.490 e. The van der Waals surface area contributed by atoms with E-state index in [-0.39, 0.29) is 5.41 Å². The number of alkyl halides is 3. The van der Waals surface area contributed by atoms with E-state index < -0.39 is 12.1 Å². The summed E-state index contributed by atoms with van der Waals surface area (Å²) in [7, 11) is 0. The Bertz CT molecular complexity index is 525. The van der Waals surface area contributed by atoms with Crippen LogP contribution in [0.25, 0.3) is 0 Å². The molecule has 1 N–H and O–H groups in total. The summed E-state index contributed by atoms with van der Waals surface area (Å²) in [6, 6.07) is 0. The van der Waals surface area contributed by atoms with Crippen LogP contribution in [0.1, 0.15) is 32.1 Å². The number of carboxylic acids is 1. The van der Waals surface area contributed by atoms with Crippen LogP contribution in [0.3, 0.4) is 0 Å². The zero-order chi connectivity index (χ0) is 21.3. The van der Waals surface area contributed by atoms with Gasteiger partial charge < -0.3 is 24.2 Å². The Balaban J connectivity index is 0.000000370. The first-order valence-electron chi connectivity index (χ1n) is 10.2. The van der Waals surface area contributed by atoms with Crippen molar-refractivity contribution in [3.8, 4) is 0 Å². The minimum atomic E-state index is -5.08. The van der Waals surface area contributed by atoms with Crippen molar-refractivity contribution in [1.29, 1.82) is 0 Å². The van der Waals surface area contributed by atoms with Gasteiger partial charge in [-0.1, -0.05) is 6.08 Å². The molecule has 3 rings (SSSR count). The molecule has 168 valence electrons. The Morgan fingerprint density at radius 1 is 1.28 bits per heavy atom.